The molecule has 0 aliphatic heterocycles. The summed E-state index contributed by atoms with van der Waals surface area (Å²) in [6.07, 6.45) is 1.02. The summed E-state index contributed by atoms with van der Waals surface area (Å²) in [6.45, 7) is 0. The number of ether oxygens (including phenoxy) is 2. The first-order valence-electron chi connectivity index (χ1n) is 3.51. The maximum absolute atomic E-state index is 8.70. The summed E-state index contributed by atoms with van der Waals surface area (Å²) >= 11 is 0. The highest BCUT2D eigenvalue weighted by Crippen LogP contribution is 2.26. The molecule has 0 atom stereocenters. The molecule has 0 aliphatic rings. The van der Waals surface area contributed by atoms with E-state index < -0.39 is 0 Å². The highest BCUT2D eigenvalue weighted by molar-refractivity contribution is 5.79. The van der Waals surface area contributed by atoms with E-state index in [-0.39, 0.29) is 0 Å². The van der Waals surface area contributed by atoms with Crippen LogP contribution >= 0.6 is 0 Å². The predicted octanol–water partition coefficient (Wildman–Crippen LogP) is 0.923. The Morgan fingerprint density at radius 3 is 2.33 bits per heavy atom. The number of benzene rings is 1. The predicted molar refractivity (Wildman–Crippen MR) is 46.8 cm³/mol. The molecule has 0 heterocycles. The lowest BCUT2D eigenvalue weighted by atomic mass is 10.2. The molecule has 0 fully saturated rings. The van der Waals surface area contributed by atoms with Crippen molar-refractivity contribution in [3.63, 3.8) is 0 Å². The number of hydrogen-bond donors (Lipinski definition) is 0. The van der Waals surface area contributed by atoms with Crippen LogP contribution in [0, 0.1) is 0 Å². The molecule has 63 valence electrons. The van der Waals surface area contributed by atoms with Crippen molar-refractivity contribution in [3.05, 3.63) is 23.8 Å². The van der Waals surface area contributed by atoms with Gasteiger partial charge in [-0.05, 0) is 23.8 Å². The van der Waals surface area contributed by atoms with Crippen molar-refractivity contribution in [1.82, 2.24) is 5.41 Å². The summed E-state index contributed by atoms with van der Waals surface area (Å²) in [5.74, 6) is 1.27. The molecule has 0 N–H and O–H groups in total. The summed E-state index contributed by atoms with van der Waals surface area (Å²) in [4.78, 5) is 0. The number of rotatable bonds is 3. The Morgan fingerprint density at radius 1 is 1.17 bits per heavy atom. The standard InChI is InChI=1S/C9H10NO2/c1-11-8-4-3-7(6-10)5-9(8)12-2/h3-6H,1-2H3. The second-order valence-electron chi connectivity index (χ2n) is 2.24. The number of nitrogens with zero attached hydrogens (tertiary/aromatic N) is 1. The normalized spacial score (nSPS) is 9.17. The highest BCUT2D eigenvalue weighted by atomic mass is 16.5. The zero-order chi connectivity index (χ0) is 8.97. The van der Waals surface area contributed by atoms with E-state index in [4.69, 9.17) is 14.9 Å². The fraction of sp³-hybridized carbons (Fsp3) is 0.222. The van der Waals surface area contributed by atoms with Gasteiger partial charge >= 0.3 is 0 Å². The van der Waals surface area contributed by atoms with Crippen LogP contribution in [0.25, 0.3) is 0 Å². The molecule has 0 amide bonds. The topological polar surface area (TPSA) is 40.8 Å². The second-order valence-corrected chi connectivity index (χ2v) is 2.24. The first-order chi connectivity index (χ1) is 5.81. The van der Waals surface area contributed by atoms with E-state index in [9.17, 15) is 0 Å². The molecule has 0 saturated carbocycles. The first kappa shape index (κ1) is 8.59. The Balaban J connectivity index is 3.10. The largest absolute Gasteiger partial charge is 0.493 e. The summed E-state index contributed by atoms with van der Waals surface area (Å²) in [7, 11) is 3.12. The van der Waals surface area contributed by atoms with E-state index in [2.05, 4.69) is 0 Å². The smallest absolute Gasteiger partial charge is 0.161 e. The van der Waals surface area contributed by atoms with E-state index in [1.807, 2.05) is 0 Å². The fourth-order valence-corrected chi connectivity index (χ4v) is 0.933. The Hall–Kier alpha value is -1.51. The van der Waals surface area contributed by atoms with E-state index in [1.54, 1.807) is 32.4 Å². The van der Waals surface area contributed by atoms with Crippen LogP contribution in [0.4, 0.5) is 0 Å². The van der Waals surface area contributed by atoms with Crippen LogP contribution in [-0.2, 0) is 0 Å². The molecule has 12 heavy (non-hydrogen) atoms. The summed E-state index contributed by atoms with van der Waals surface area (Å²) in [5, 5.41) is 8.70. The van der Waals surface area contributed by atoms with Gasteiger partial charge in [0.1, 0.15) is 0 Å². The third-order valence-electron chi connectivity index (χ3n) is 1.56. The molecule has 0 aromatic heterocycles. The van der Waals surface area contributed by atoms with Crippen LogP contribution < -0.4 is 14.9 Å². The molecular weight excluding hydrogens is 154 g/mol. The van der Waals surface area contributed by atoms with Crippen molar-refractivity contribution in [1.29, 1.82) is 0 Å². The van der Waals surface area contributed by atoms with Gasteiger partial charge in [-0.2, -0.15) is 5.41 Å². The van der Waals surface area contributed by atoms with Crippen molar-refractivity contribution < 1.29 is 9.47 Å². The van der Waals surface area contributed by atoms with Gasteiger partial charge < -0.3 is 9.47 Å². The lowest BCUT2D eigenvalue weighted by molar-refractivity contribution is 0.355. The molecule has 0 aliphatic carbocycles. The molecule has 0 unspecified atom stereocenters. The minimum absolute atomic E-state index is 0.611. The van der Waals surface area contributed by atoms with Gasteiger partial charge in [-0.25, -0.2) is 0 Å². The summed E-state index contributed by atoms with van der Waals surface area (Å²) in [5.41, 5.74) is 0.688. The van der Waals surface area contributed by atoms with Gasteiger partial charge in [0.05, 0.1) is 20.4 Å². The van der Waals surface area contributed by atoms with E-state index in [0.29, 0.717) is 17.1 Å². The molecule has 0 saturated heterocycles. The van der Waals surface area contributed by atoms with Crippen molar-refractivity contribution in [2.45, 2.75) is 0 Å². The minimum Gasteiger partial charge on any atom is -0.493 e. The van der Waals surface area contributed by atoms with Crippen LogP contribution in [0.15, 0.2) is 18.2 Å². The molecule has 3 nitrogen and oxygen atoms in total. The van der Waals surface area contributed by atoms with Crippen LogP contribution in [0.2, 0.25) is 0 Å². The average Bonchev–Trinajstić information content (AvgIpc) is 2.16. The molecule has 0 bridgehead atoms. The van der Waals surface area contributed by atoms with Gasteiger partial charge in [-0.15, -0.1) is 0 Å². The SMILES string of the molecule is COc1ccc(C=[N])cc1OC. The van der Waals surface area contributed by atoms with E-state index in [0.717, 1.165) is 6.21 Å². The molecule has 1 aromatic carbocycles. The number of methoxy groups -OCH3 is 2. The van der Waals surface area contributed by atoms with Gasteiger partial charge in [0, 0.05) is 0 Å². The first-order valence-corrected chi connectivity index (χ1v) is 3.51. The van der Waals surface area contributed by atoms with Crippen molar-refractivity contribution >= 4 is 6.21 Å². The lowest BCUT2D eigenvalue weighted by Crippen LogP contribution is -1.91. The zero-order valence-electron chi connectivity index (χ0n) is 7.07. The van der Waals surface area contributed by atoms with Gasteiger partial charge in [0.2, 0.25) is 0 Å². The highest BCUT2D eigenvalue weighted by Gasteiger charge is 2.02. The van der Waals surface area contributed by atoms with Crippen LogP contribution in [0.5, 0.6) is 11.5 Å². The Morgan fingerprint density at radius 2 is 1.83 bits per heavy atom. The van der Waals surface area contributed by atoms with Gasteiger partial charge in [-0.3, -0.25) is 0 Å². The van der Waals surface area contributed by atoms with E-state index >= 15 is 0 Å². The minimum atomic E-state index is 0.611. The molecule has 1 radical (unpaired) electrons. The van der Waals surface area contributed by atoms with Crippen LogP contribution in [0.1, 0.15) is 5.56 Å². The zero-order valence-corrected chi connectivity index (χ0v) is 7.07. The van der Waals surface area contributed by atoms with Gasteiger partial charge in [0.25, 0.3) is 0 Å². The number of hydrogen-bond acceptors (Lipinski definition) is 2. The van der Waals surface area contributed by atoms with E-state index in [1.165, 1.54) is 0 Å². The van der Waals surface area contributed by atoms with Crippen molar-refractivity contribution in [2.75, 3.05) is 14.2 Å². The monoisotopic (exact) mass is 164 g/mol. The molecular formula is C9H10NO2. The summed E-state index contributed by atoms with van der Waals surface area (Å²) in [6, 6.07) is 5.17. The molecule has 0 spiro atoms. The Labute approximate surface area is 71.4 Å². The third-order valence-corrected chi connectivity index (χ3v) is 1.56. The maximum Gasteiger partial charge on any atom is 0.161 e. The second kappa shape index (κ2) is 3.76. The summed E-state index contributed by atoms with van der Waals surface area (Å²) < 4.78 is 10.0. The van der Waals surface area contributed by atoms with Crippen LogP contribution in [0.3, 0.4) is 0 Å². The quantitative estimate of drug-likeness (QED) is 0.623. The average molecular weight is 164 g/mol. The molecule has 1 rings (SSSR count). The van der Waals surface area contributed by atoms with Gasteiger partial charge in [0.15, 0.2) is 11.5 Å². The maximum atomic E-state index is 8.70. The van der Waals surface area contributed by atoms with Gasteiger partial charge in [-0.1, -0.05) is 0 Å². The lowest BCUT2D eigenvalue weighted by Gasteiger charge is -2.06. The molecule has 3 heteroatoms. The van der Waals surface area contributed by atoms with Crippen LogP contribution in [-0.4, -0.2) is 20.4 Å². The van der Waals surface area contributed by atoms with Crippen molar-refractivity contribution in [3.8, 4) is 11.5 Å². The van der Waals surface area contributed by atoms with Crippen molar-refractivity contribution in [2.24, 2.45) is 0 Å². The Bertz CT molecular complexity index is 284. The third kappa shape index (κ3) is 1.56. The fourth-order valence-electron chi connectivity index (χ4n) is 0.933. The Kier molecular flexibility index (Phi) is 2.69. The molecule has 1 aromatic rings.